The monoisotopic (exact) mass is 878 g/mol. The van der Waals surface area contributed by atoms with Crippen LogP contribution in [-0.4, -0.2) is 0 Å². The Morgan fingerprint density at radius 2 is 0.662 bits per heavy atom. The third-order valence-corrected chi connectivity index (χ3v) is 13.2. The van der Waals surface area contributed by atoms with Crippen molar-refractivity contribution < 1.29 is 19.5 Å². The zero-order valence-corrected chi connectivity index (χ0v) is 38.4. The van der Waals surface area contributed by atoms with Gasteiger partial charge in [-0.2, -0.15) is 0 Å². The van der Waals surface area contributed by atoms with E-state index in [1.54, 1.807) is 0 Å². The van der Waals surface area contributed by atoms with E-state index in [4.69, 9.17) is 20.6 Å². The summed E-state index contributed by atoms with van der Waals surface area (Å²) in [4.78, 5) is 11.7. The fourth-order valence-corrected chi connectivity index (χ4v) is 10.4. The van der Waals surface area contributed by atoms with Crippen LogP contribution in [0.5, 0.6) is 0 Å². The second-order valence-electron chi connectivity index (χ2n) is 16.7. The molecule has 2 aromatic heterocycles. The van der Waals surface area contributed by atoms with Crippen molar-refractivity contribution in [1.29, 1.82) is 0 Å². The normalized spacial score (nSPS) is 18.3. The molecule has 8 aromatic rings. The van der Waals surface area contributed by atoms with Gasteiger partial charge in [-0.1, -0.05) is 241 Å². The van der Waals surface area contributed by atoms with Gasteiger partial charge < -0.3 is 20.6 Å². The number of hydrogen-bond donors (Lipinski definition) is 0. The second-order valence-corrected chi connectivity index (χ2v) is 16.7. The average molecular weight is 880 g/mol. The van der Waals surface area contributed by atoms with Crippen LogP contribution in [0.4, 0.5) is 0 Å². The summed E-state index contributed by atoms with van der Waals surface area (Å²) in [6.07, 6.45) is 17.7. The first-order chi connectivity index (χ1) is 31.8. The van der Waals surface area contributed by atoms with Crippen LogP contribution in [0, 0.1) is 11.8 Å². The van der Waals surface area contributed by atoms with Crippen LogP contribution in [0.1, 0.15) is 33.6 Å². The van der Waals surface area contributed by atoms with E-state index < -0.39 is 0 Å². The molecular weight excluding hydrogens is 842 g/mol. The van der Waals surface area contributed by atoms with Crippen molar-refractivity contribution in [3.05, 3.63) is 307 Å². The molecule has 304 valence electrons. The van der Waals surface area contributed by atoms with Gasteiger partial charge in [-0.05, 0) is 54.9 Å². The van der Waals surface area contributed by atoms with Crippen LogP contribution in [0.3, 0.4) is 0 Å². The summed E-state index contributed by atoms with van der Waals surface area (Å²) in [5, 5.41) is 17.8. The molecule has 65 heavy (non-hydrogen) atoms. The van der Waals surface area contributed by atoms with Gasteiger partial charge in [0.25, 0.3) is 0 Å². The molecule has 0 saturated carbocycles. The van der Waals surface area contributed by atoms with Gasteiger partial charge in [0.15, 0.2) is 0 Å². The summed E-state index contributed by atoms with van der Waals surface area (Å²) < 4.78 is 0. The van der Waals surface area contributed by atoms with Crippen LogP contribution >= 0.6 is 0 Å². The average Bonchev–Trinajstić information content (AvgIpc) is 4.14. The van der Waals surface area contributed by atoms with Crippen molar-refractivity contribution in [1.82, 2.24) is 9.97 Å². The minimum atomic E-state index is -0.125. The molecule has 4 nitrogen and oxygen atoms in total. The fourth-order valence-electron chi connectivity index (χ4n) is 10.4. The summed E-state index contributed by atoms with van der Waals surface area (Å²) in [5.41, 5.74) is 16.1. The molecule has 0 saturated heterocycles. The van der Waals surface area contributed by atoms with Gasteiger partial charge in [-0.15, -0.1) is 44.9 Å². The Hall–Kier alpha value is -7.72. The quantitative estimate of drug-likeness (QED) is 0.165. The zero-order chi connectivity index (χ0) is 42.1. The number of hydrogen-bond acceptors (Lipinski definition) is 0. The van der Waals surface area contributed by atoms with E-state index in [-0.39, 0.29) is 31.3 Å². The van der Waals surface area contributed by atoms with Crippen LogP contribution in [0.25, 0.3) is 54.5 Å². The van der Waals surface area contributed by atoms with Crippen molar-refractivity contribution in [2.45, 2.75) is 0 Å². The molecule has 2 aliphatic heterocycles. The molecule has 0 spiro atoms. The van der Waals surface area contributed by atoms with Crippen LogP contribution in [-0.2, 0) is 19.5 Å². The molecule has 5 heteroatoms. The van der Waals surface area contributed by atoms with E-state index in [0.717, 1.165) is 122 Å². The third kappa shape index (κ3) is 6.15. The number of aromatic nitrogens is 2. The number of nitrogens with zero attached hydrogens (tertiary/aromatic N) is 4. The molecule has 13 rings (SSSR count). The number of allylic oxidation sites excluding steroid dienone is 10. The Morgan fingerprint density at radius 1 is 0.323 bits per heavy atom. The summed E-state index contributed by atoms with van der Waals surface area (Å²) in [7, 11) is 0. The minimum absolute atomic E-state index is 0. The first kappa shape index (κ1) is 38.9. The van der Waals surface area contributed by atoms with Crippen molar-refractivity contribution in [3.8, 4) is 0 Å². The number of rotatable bonds is 4. The maximum atomic E-state index is 5.89. The maximum Gasteiger partial charge on any atom is 0.00625 e. The van der Waals surface area contributed by atoms with Gasteiger partial charge in [0.05, 0.1) is 0 Å². The SMILES string of the molecule is C1=CC2=C3[N-]C(=C(c4ccccc4)c4[n-]c(c5ccccc45)C(c4ccccc4)=C4[N-]C(=C5C=CC=CC54)C(c4ccccc4)=c4[n-]c(c5ccccc45)=C3c3ccccc3)C2C=C1.[Zn]. The van der Waals surface area contributed by atoms with Crippen molar-refractivity contribution in [2.75, 3.05) is 0 Å². The van der Waals surface area contributed by atoms with Gasteiger partial charge in [0.2, 0.25) is 0 Å². The van der Waals surface area contributed by atoms with Crippen molar-refractivity contribution in [3.63, 3.8) is 0 Å². The van der Waals surface area contributed by atoms with E-state index in [0.29, 0.717) is 0 Å². The topological polar surface area (TPSA) is 56.4 Å². The molecule has 0 fully saturated rings. The number of benzene rings is 6. The van der Waals surface area contributed by atoms with Crippen molar-refractivity contribution in [2.24, 2.45) is 11.8 Å². The fraction of sp³-hybridized carbons (Fsp3) is 0.0333. The van der Waals surface area contributed by atoms with Gasteiger partial charge in [0, 0.05) is 31.3 Å². The van der Waals surface area contributed by atoms with Crippen molar-refractivity contribution >= 4 is 43.8 Å². The van der Waals surface area contributed by atoms with E-state index >= 15 is 0 Å². The molecule has 4 heterocycles. The van der Waals surface area contributed by atoms with Crippen LogP contribution in [0.15, 0.2) is 252 Å². The van der Waals surface area contributed by atoms with Gasteiger partial charge in [0.1, 0.15) is 0 Å². The van der Waals surface area contributed by atoms with E-state index in [1.807, 2.05) is 0 Å². The largest absolute Gasteiger partial charge is 0.659 e. The summed E-state index contributed by atoms with van der Waals surface area (Å²) in [5.74, 6) is -0.249. The van der Waals surface area contributed by atoms with E-state index in [9.17, 15) is 0 Å². The van der Waals surface area contributed by atoms with E-state index in [2.05, 4.69) is 218 Å². The van der Waals surface area contributed by atoms with Crippen LogP contribution in [0.2, 0.25) is 0 Å². The molecule has 5 aliphatic rings. The maximum absolute atomic E-state index is 5.89. The molecular formula is C60H38N4Zn-4. The third-order valence-electron chi connectivity index (χ3n) is 13.2. The summed E-state index contributed by atoms with van der Waals surface area (Å²) in [6.45, 7) is 0. The van der Waals surface area contributed by atoms with Gasteiger partial charge in [-0.3, -0.25) is 0 Å². The predicted octanol–water partition coefficient (Wildman–Crippen LogP) is 12.3. The molecule has 2 atom stereocenters. The molecule has 3 aliphatic carbocycles. The van der Waals surface area contributed by atoms with Gasteiger partial charge >= 0.3 is 0 Å². The Balaban J connectivity index is 0.00000444. The van der Waals surface area contributed by atoms with Crippen LogP contribution < -0.4 is 20.7 Å². The first-order valence-corrected chi connectivity index (χ1v) is 22.0. The zero-order valence-electron chi connectivity index (χ0n) is 35.4. The van der Waals surface area contributed by atoms with E-state index in [1.165, 1.54) is 0 Å². The minimum Gasteiger partial charge on any atom is -0.659 e. The molecule has 6 aromatic carbocycles. The molecule has 8 bridgehead atoms. The molecule has 2 unspecified atom stereocenters. The van der Waals surface area contributed by atoms with Gasteiger partial charge in [-0.25, -0.2) is 0 Å². The molecule has 0 N–H and O–H groups in total. The summed E-state index contributed by atoms with van der Waals surface area (Å²) >= 11 is 0. The second kappa shape index (κ2) is 15.8. The molecule has 0 radical (unpaired) electrons. The first-order valence-electron chi connectivity index (χ1n) is 22.0. The molecule has 0 amide bonds. The Kier molecular flexibility index (Phi) is 9.47. The predicted molar refractivity (Wildman–Crippen MR) is 261 cm³/mol. The Bertz CT molecular complexity index is 3390. The standard InChI is InChI=1S/C60H38N4.Zn/c1-5-21-37(22-6-1)49-53-41-29-13-15-31-43(41)55(61-53)50(38-23-7-2-8-24-38)57-45-33-17-19-35-47(45)59(63-57)52(40-27-11-4-12-28-40)60-48-36-20-18-34-46(48)58(64-60)51(39-25-9-3-10-26-39)56-44-32-16-14-30-42(44)54(49)62-56;/h1-36,41,46H;/q-4;. The Labute approximate surface area is 390 Å². The Morgan fingerprint density at radius 3 is 1.05 bits per heavy atom. The summed E-state index contributed by atoms with van der Waals surface area (Å²) in [6, 6.07) is 60.2. The smallest absolute Gasteiger partial charge is 0.00625 e.